The van der Waals surface area contributed by atoms with E-state index in [2.05, 4.69) is 10.6 Å². The molecule has 2 aromatic carbocycles. The van der Waals surface area contributed by atoms with Crippen molar-refractivity contribution in [3.63, 3.8) is 0 Å². The zero-order chi connectivity index (χ0) is 22.0. The molecule has 2 aliphatic rings. The Morgan fingerprint density at radius 2 is 1.87 bits per heavy atom. The lowest BCUT2D eigenvalue weighted by Gasteiger charge is -2.36. The molecule has 3 N–H and O–H groups in total. The summed E-state index contributed by atoms with van der Waals surface area (Å²) in [6.07, 6.45) is -0.743. The molecule has 0 aromatic heterocycles. The van der Waals surface area contributed by atoms with Crippen molar-refractivity contribution < 1.29 is 33.3 Å². The zero-order valence-electron chi connectivity index (χ0n) is 16.8. The van der Waals surface area contributed by atoms with Gasteiger partial charge in [-0.1, -0.05) is 0 Å². The summed E-state index contributed by atoms with van der Waals surface area (Å²) in [6.45, 7) is -0.238. The van der Waals surface area contributed by atoms with Gasteiger partial charge in [-0.15, -0.1) is 0 Å². The predicted molar refractivity (Wildman–Crippen MR) is 110 cm³/mol. The van der Waals surface area contributed by atoms with Gasteiger partial charge in [-0.3, -0.25) is 4.79 Å². The molecule has 1 saturated heterocycles. The largest absolute Gasteiger partial charge is 0.487 e. The molecule has 0 saturated carbocycles. The lowest BCUT2D eigenvalue weighted by atomic mass is 9.84. The number of nitrogens with one attached hydrogen (secondary N) is 2. The first kappa shape index (κ1) is 21.1. The van der Waals surface area contributed by atoms with E-state index in [0.717, 1.165) is 5.56 Å². The number of esters is 1. The summed E-state index contributed by atoms with van der Waals surface area (Å²) in [5, 5.41) is 15.1. The van der Waals surface area contributed by atoms with Crippen molar-refractivity contribution in [1.29, 1.82) is 0 Å². The Morgan fingerprint density at radius 1 is 1.16 bits per heavy atom. The third-order valence-corrected chi connectivity index (χ3v) is 5.48. The second-order valence-corrected chi connectivity index (χ2v) is 7.52. The summed E-state index contributed by atoms with van der Waals surface area (Å²) in [4.78, 5) is 24.0. The van der Waals surface area contributed by atoms with Crippen molar-refractivity contribution in [2.45, 2.75) is 37.1 Å². The number of carbonyl (C=O) groups excluding carboxylic acids is 2. The van der Waals surface area contributed by atoms with Crippen LogP contribution in [0.5, 0.6) is 5.75 Å². The number of halogens is 1. The van der Waals surface area contributed by atoms with Crippen LogP contribution in [0, 0.1) is 5.82 Å². The zero-order valence-corrected chi connectivity index (χ0v) is 16.8. The summed E-state index contributed by atoms with van der Waals surface area (Å²) in [7, 11) is 1.32. The Morgan fingerprint density at radius 3 is 2.58 bits per heavy atom. The second-order valence-electron chi connectivity index (χ2n) is 7.52. The minimum atomic E-state index is -0.570. The summed E-state index contributed by atoms with van der Waals surface area (Å²) in [5.41, 5.74) is 1.89. The fourth-order valence-corrected chi connectivity index (χ4v) is 4.06. The van der Waals surface area contributed by atoms with Crippen LogP contribution in [-0.4, -0.2) is 49.1 Å². The molecule has 2 heterocycles. The van der Waals surface area contributed by atoms with Crippen molar-refractivity contribution in [3.05, 3.63) is 53.8 Å². The van der Waals surface area contributed by atoms with E-state index in [4.69, 9.17) is 14.2 Å². The number of hydrogen-bond acceptors (Lipinski definition) is 6. The van der Waals surface area contributed by atoms with Crippen molar-refractivity contribution in [2.24, 2.45) is 0 Å². The van der Waals surface area contributed by atoms with Gasteiger partial charge in [0.15, 0.2) is 0 Å². The van der Waals surface area contributed by atoms with Gasteiger partial charge in [-0.25, -0.2) is 9.18 Å². The van der Waals surface area contributed by atoms with Gasteiger partial charge < -0.3 is 30.0 Å². The fraction of sp³-hybridized carbons (Fsp3) is 0.364. The number of carbonyl (C=O) groups is 2. The summed E-state index contributed by atoms with van der Waals surface area (Å²) >= 11 is 0. The maximum absolute atomic E-state index is 13.0. The van der Waals surface area contributed by atoms with Gasteiger partial charge in [-0.05, 0) is 48.9 Å². The van der Waals surface area contributed by atoms with Gasteiger partial charge >= 0.3 is 12.0 Å². The molecule has 8 nitrogen and oxygen atoms in total. The Balaban J connectivity index is 1.48. The number of ether oxygens (including phenoxy) is 3. The summed E-state index contributed by atoms with van der Waals surface area (Å²) in [5.74, 6) is -0.216. The van der Waals surface area contributed by atoms with Crippen LogP contribution in [0.4, 0.5) is 20.6 Å². The molecule has 1 fully saturated rings. The highest BCUT2D eigenvalue weighted by atomic mass is 19.1. The third-order valence-electron chi connectivity index (χ3n) is 5.48. The van der Waals surface area contributed by atoms with Crippen molar-refractivity contribution in [3.8, 4) is 5.75 Å². The quantitative estimate of drug-likeness (QED) is 0.630. The molecule has 0 unspecified atom stereocenters. The topological polar surface area (TPSA) is 106 Å². The number of fused-ring (bicyclic) bond motifs is 3. The lowest BCUT2D eigenvalue weighted by molar-refractivity contribution is -0.156. The van der Waals surface area contributed by atoms with Crippen LogP contribution < -0.4 is 15.4 Å². The number of anilines is 2. The van der Waals surface area contributed by atoms with Crippen LogP contribution in [0.1, 0.15) is 24.3 Å². The number of hydrogen-bond donors (Lipinski definition) is 3. The smallest absolute Gasteiger partial charge is 0.323 e. The third kappa shape index (κ3) is 4.62. The lowest BCUT2D eigenvalue weighted by Crippen LogP contribution is -2.46. The SMILES string of the molecule is COC(=O)C[C@@H]1C[C@H]2c3cc(NC(=O)Nc4ccc(F)cc4)ccc3O[C@H]2[C@H](CO)O1. The molecule has 9 heteroatoms. The molecular weight excluding hydrogens is 407 g/mol. The first-order chi connectivity index (χ1) is 15.0. The van der Waals surface area contributed by atoms with Crippen LogP contribution in [0.2, 0.25) is 0 Å². The number of rotatable bonds is 5. The Bertz CT molecular complexity index is 967. The molecule has 4 rings (SSSR count). The molecule has 0 bridgehead atoms. The normalized spacial score (nSPS) is 23.8. The Kier molecular flexibility index (Phi) is 6.06. The van der Waals surface area contributed by atoms with Gasteiger partial charge in [-0.2, -0.15) is 0 Å². The minimum absolute atomic E-state index is 0.0869. The van der Waals surface area contributed by atoms with E-state index < -0.39 is 18.2 Å². The van der Waals surface area contributed by atoms with E-state index in [1.165, 1.54) is 31.4 Å². The predicted octanol–water partition coefficient (Wildman–Crippen LogP) is 3.03. The number of benzene rings is 2. The summed E-state index contributed by atoms with van der Waals surface area (Å²) in [6, 6.07) is 10.3. The fourth-order valence-electron chi connectivity index (χ4n) is 4.06. The van der Waals surface area contributed by atoms with Crippen molar-refractivity contribution in [2.75, 3.05) is 24.4 Å². The van der Waals surface area contributed by atoms with Gasteiger partial charge in [0.2, 0.25) is 0 Å². The molecule has 2 aliphatic heterocycles. The number of aliphatic hydroxyl groups excluding tert-OH is 1. The van der Waals surface area contributed by atoms with Gasteiger partial charge in [0, 0.05) is 22.9 Å². The molecule has 2 aromatic rings. The second kappa shape index (κ2) is 8.91. The molecule has 31 heavy (non-hydrogen) atoms. The maximum Gasteiger partial charge on any atom is 0.323 e. The van der Waals surface area contributed by atoms with E-state index in [1.54, 1.807) is 12.1 Å². The molecule has 0 aliphatic carbocycles. The van der Waals surface area contributed by atoms with Crippen molar-refractivity contribution in [1.82, 2.24) is 0 Å². The molecule has 4 atom stereocenters. The van der Waals surface area contributed by atoms with Crippen molar-refractivity contribution >= 4 is 23.4 Å². The average Bonchev–Trinajstić information content (AvgIpc) is 3.12. The standard InChI is InChI=1S/C22H23FN2O6/c1-29-20(27)10-15-9-17-16-8-14(6-7-18(16)31-21(17)19(11-26)30-15)25-22(28)24-13-4-2-12(23)3-5-13/h2-8,15,17,19,21,26H,9-11H2,1H3,(H2,24,25,28)/t15-,17-,19-,21+/m0/s1. The number of aliphatic hydroxyl groups is 1. The van der Waals surface area contributed by atoms with E-state index >= 15 is 0 Å². The van der Waals surface area contributed by atoms with Crippen LogP contribution in [-0.2, 0) is 14.3 Å². The van der Waals surface area contributed by atoms with Crippen LogP contribution in [0.25, 0.3) is 0 Å². The molecular formula is C22H23FN2O6. The monoisotopic (exact) mass is 430 g/mol. The number of urea groups is 1. The molecule has 2 amide bonds. The van der Waals surface area contributed by atoms with E-state index in [9.17, 15) is 19.1 Å². The van der Waals surface area contributed by atoms with Gasteiger partial charge in [0.1, 0.15) is 23.8 Å². The average molecular weight is 430 g/mol. The minimum Gasteiger partial charge on any atom is -0.487 e. The first-order valence-corrected chi connectivity index (χ1v) is 9.94. The Hall–Kier alpha value is -3.17. The van der Waals surface area contributed by atoms with Gasteiger partial charge in [0.05, 0.1) is 26.2 Å². The number of amides is 2. The maximum atomic E-state index is 13.0. The molecule has 164 valence electrons. The van der Waals surface area contributed by atoms with Crippen LogP contribution >= 0.6 is 0 Å². The highest BCUT2D eigenvalue weighted by molar-refractivity contribution is 5.99. The first-order valence-electron chi connectivity index (χ1n) is 9.94. The summed E-state index contributed by atoms with van der Waals surface area (Å²) < 4.78 is 29.6. The highest BCUT2D eigenvalue weighted by Gasteiger charge is 2.46. The van der Waals surface area contributed by atoms with Crippen LogP contribution in [0.15, 0.2) is 42.5 Å². The Labute approximate surface area is 178 Å². The number of methoxy groups -OCH3 is 1. The highest BCUT2D eigenvalue weighted by Crippen LogP contribution is 2.47. The van der Waals surface area contributed by atoms with Gasteiger partial charge in [0.25, 0.3) is 0 Å². The molecule has 0 spiro atoms. The van der Waals surface area contributed by atoms with Crippen LogP contribution in [0.3, 0.4) is 0 Å². The van der Waals surface area contributed by atoms with E-state index in [0.29, 0.717) is 23.5 Å². The van der Waals surface area contributed by atoms with E-state index in [-0.39, 0.29) is 36.8 Å². The molecule has 0 radical (unpaired) electrons. The van der Waals surface area contributed by atoms with E-state index in [1.807, 2.05) is 6.07 Å².